The number of aliphatic hydroxyl groups is 1. The van der Waals surface area contributed by atoms with E-state index in [2.05, 4.69) is 0 Å². The molecule has 0 saturated carbocycles. The number of benzene rings is 1. The van der Waals surface area contributed by atoms with Gasteiger partial charge < -0.3 is 10.0 Å². The minimum absolute atomic E-state index is 0.0500. The van der Waals surface area contributed by atoms with Crippen LogP contribution in [0.1, 0.15) is 0 Å². The molecule has 106 valence electrons. The first-order valence-electron chi connectivity index (χ1n) is 5.58. The molecule has 3 nitrogen and oxygen atoms in total. The highest BCUT2D eigenvalue weighted by Gasteiger charge is 2.17. The Morgan fingerprint density at radius 2 is 2.00 bits per heavy atom. The number of carbonyl (C=O) groups is 1. The molecule has 1 rings (SSSR count). The maximum absolute atomic E-state index is 12.3. The minimum Gasteiger partial charge on any atom is -0.395 e. The van der Waals surface area contributed by atoms with Gasteiger partial charge in [-0.2, -0.15) is 0 Å². The van der Waals surface area contributed by atoms with Gasteiger partial charge in [0.15, 0.2) is 0 Å². The van der Waals surface area contributed by atoms with Crippen molar-refractivity contribution in [3.8, 4) is 0 Å². The molecule has 1 amide bonds. The lowest BCUT2D eigenvalue weighted by Gasteiger charge is -2.21. The van der Waals surface area contributed by atoms with E-state index < -0.39 is 18.9 Å². The van der Waals surface area contributed by atoms with Gasteiger partial charge in [0.1, 0.15) is 0 Å². The van der Waals surface area contributed by atoms with Gasteiger partial charge in [-0.15, -0.1) is 11.8 Å². The molecule has 19 heavy (non-hydrogen) atoms. The van der Waals surface area contributed by atoms with Crippen molar-refractivity contribution in [2.45, 2.75) is 11.3 Å². The lowest BCUT2D eigenvalue weighted by Crippen LogP contribution is -2.38. The van der Waals surface area contributed by atoms with Crippen molar-refractivity contribution >= 4 is 29.3 Å². The highest BCUT2D eigenvalue weighted by atomic mass is 35.5. The van der Waals surface area contributed by atoms with Crippen LogP contribution in [0.4, 0.5) is 8.78 Å². The molecule has 0 spiro atoms. The van der Waals surface area contributed by atoms with Gasteiger partial charge in [0, 0.05) is 16.5 Å². The van der Waals surface area contributed by atoms with Crippen molar-refractivity contribution in [1.29, 1.82) is 0 Å². The van der Waals surface area contributed by atoms with Crippen molar-refractivity contribution in [3.63, 3.8) is 0 Å². The molecule has 1 aromatic carbocycles. The number of nitrogens with zero attached hydrogens (tertiary/aromatic N) is 1. The fourth-order valence-electron chi connectivity index (χ4n) is 1.37. The Morgan fingerprint density at radius 1 is 1.37 bits per heavy atom. The molecule has 1 N–H and O–H groups in total. The van der Waals surface area contributed by atoms with E-state index in [1.54, 1.807) is 24.3 Å². The van der Waals surface area contributed by atoms with E-state index in [0.717, 1.165) is 9.80 Å². The van der Waals surface area contributed by atoms with E-state index in [1.807, 2.05) is 0 Å². The lowest BCUT2D eigenvalue weighted by atomic mass is 10.4. The van der Waals surface area contributed by atoms with Gasteiger partial charge in [0.2, 0.25) is 5.91 Å². The third-order valence-electron chi connectivity index (χ3n) is 2.26. The zero-order valence-electron chi connectivity index (χ0n) is 10.1. The standard InChI is InChI=1S/C12H14ClF2NO2S/c13-9-1-3-10(4-2-9)19-8-12(18)16(5-6-17)7-11(14)15/h1-4,11,17H,5-8H2. The van der Waals surface area contributed by atoms with Gasteiger partial charge in [0.05, 0.1) is 18.9 Å². The van der Waals surface area contributed by atoms with Crippen LogP contribution in [0.15, 0.2) is 29.2 Å². The Labute approximate surface area is 119 Å². The lowest BCUT2D eigenvalue weighted by molar-refractivity contribution is -0.130. The van der Waals surface area contributed by atoms with E-state index in [-0.39, 0.29) is 18.9 Å². The largest absolute Gasteiger partial charge is 0.395 e. The molecule has 0 aromatic heterocycles. The summed E-state index contributed by atoms with van der Waals surface area (Å²) in [5, 5.41) is 9.35. The molecule has 0 saturated heterocycles. The molecule has 0 fully saturated rings. The minimum atomic E-state index is -2.60. The molecular weight excluding hydrogens is 296 g/mol. The maximum atomic E-state index is 12.3. The molecule has 0 aliphatic rings. The van der Waals surface area contributed by atoms with E-state index in [9.17, 15) is 13.6 Å². The predicted octanol–water partition coefficient (Wildman–Crippen LogP) is 2.52. The number of amides is 1. The van der Waals surface area contributed by atoms with Crippen LogP contribution in [0.5, 0.6) is 0 Å². The molecule has 0 unspecified atom stereocenters. The SMILES string of the molecule is O=C(CSc1ccc(Cl)cc1)N(CCO)CC(F)F. The molecule has 0 radical (unpaired) electrons. The van der Waals surface area contributed by atoms with E-state index in [0.29, 0.717) is 5.02 Å². The van der Waals surface area contributed by atoms with Crippen LogP contribution < -0.4 is 0 Å². The van der Waals surface area contributed by atoms with Crippen LogP contribution in [0.2, 0.25) is 5.02 Å². The second-order valence-electron chi connectivity index (χ2n) is 3.70. The quantitative estimate of drug-likeness (QED) is 0.787. The van der Waals surface area contributed by atoms with E-state index >= 15 is 0 Å². The monoisotopic (exact) mass is 309 g/mol. The van der Waals surface area contributed by atoms with Crippen molar-refractivity contribution in [1.82, 2.24) is 4.90 Å². The van der Waals surface area contributed by atoms with Crippen molar-refractivity contribution in [2.24, 2.45) is 0 Å². The molecule has 0 aliphatic carbocycles. The van der Waals surface area contributed by atoms with Crippen LogP contribution in [0, 0.1) is 0 Å². The summed E-state index contributed by atoms with van der Waals surface area (Å²) in [6, 6.07) is 6.89. The zero-order valence-corrected chi connectivity index (χ0v) is 11.6. The third kappa shape index (κ3) is 6.22. The number of thioether (sulfide) groups is 1. The van der Waals surface area contributed by atoms with E-state index in [4.69, 9.17) is 16.7 Å². The van der Waals surface area contributed by atoms with Gasteiger partial charge in [-0.25, -0.2) is 8.78 Å². The highest BCUT2D eigenvalue weighted by Crippen LogP contribution is 2.20. The summed E-state index contributed by atoms with van der Waals surface area (Å²) in [6.45, 7) is -1.06. The first-order valence-corrected chi connectivity index (χ1v) is 6.94. The van der Waals surface area contributed by atoms with Crippen LogP contribution in [0.3, 0.4) is 0 Å². The van der Waals surface area contributed by atoms with Gasteiger partial charge in [-0.3, -0.25) is 4.79 Å². The zero-order chi connectivity index (χ0) is 14.3. The fourth-order valence-corrected chi connectivity index (χ4v) is 2.30. The number of hydrogen-bond acceptors (Lipinski definition) is 3. The van der Waals surface area contributed by atoms with Gasteiger partial charge in [-0.1, -0.05) is 11.6 Å². The van der Waals surface area contributed by atoms with Crippen LogP contribution >= 0.6 is 23.4 Å². The number of aliphatic hydroxyl groups excluding tert-OH is 1. The molecule has 0 aliphatic heterocycles. The van der Waals surface area contributed by atoms with Crippen molar-refractivity contribution < 1.29 is 18.7 Å². The summed E-state index contributed by atoms with van der Waals surface area (Å²) in [5.41, 5.74) is 0. The Morgan fingerprint density at radius 3 is 2.53 bits per heavy atom. The van der Waals surface area contributed by atoms with Crippen LogP contribution in [0.25, 0.3) is 0 Å². The Bertz CT molecular complexity index is 403. The maximum Gasteiger partial charge on any atom is 0.255 e. The molecule has 1 aromatic rings. The fraction of sp³-hybridized carbons (Fsp3) is 0.417. The first kappa shape index (κ1) is 16.2. The third-order valence-corrected chi connectivity index (χ3v) is 3.51. The smallest absolute Gasteiger partial charge is 0.255 e. The Kier molecular flexibility index (Phi) is 7.12. The molecule has 0 heterocycles. The number of halogens is 3. The summed E-state index contributed by atoms with van der Waals surface area (Å²) in [6.07, 6.45) is -2.60. The summed E-state index contributed by atoms with van der Waals surface area (Å²) in [5.74, 6) is -0.372. The summed E-state index contributed by atoms with van der Waals surface area (Å²) in [7, 11) is 0. The molecular formula is C12H14ClF2NO2S. The Hall–Kier alpha value is -0.850. The number of alkyl halides is 2. The number of hydrogen-bond donors (Lipinski definition) is 1. The average Bonchev–Trinajstić information content (AvgIpc) is 2.37. The number of rotatable bonds is 7. The normalized spacial score (nSPS) is 10.8. The van der Waals surface area contributed by atoms with Crippen LogP contribution in [-0.4, -0.2) is 47.8 Å². The second-order valence-corrected chi connectivity index (χ2v) is 5.18. The van der Waals surface area contributed by atoms with Crippen molar-refractivity contribution in [2.75, 3.05) is 25.4 Å². The summed E-state index contributed by atoms with van der Waals surface area (Å²) >= 11 is 6.97. The second kappa shape index (κ2) is 8.35. The first-order chi connectivity index (χ1) is 9.02. The number of carbonyl (C=O) groups excluding carboxylic acids is 1. The van der Waals surface area contributed by atoms with Gasteiger partial charge in [-0.05, 0) is 24.3 Å². The van der Waals surface area contributed by atoms with Gasteiger partial charge in [0.25, 0.3) is 6.43 Å². The average molecular weight is 310 g/mol. The molecule has 0 atom stereocenters. The summed E-state index contributed by atoms with van der Waals surface area (Å²) < 4.78 is 24.6. The topological polar surface area (TPSA) is 40.5 Å². The van der Waals surface area contributed by atoms with Gasteiger partial charge >= 0.3 is 0 Å². The van der Waals surface area contributed by atoms with E-state index in [1.165, 1.54) is 11.8 Å². The highest BCUT2D eigenvalue weighted by molar-refractivity contribution is 8.00. The molecule has 0 bridgehead atoms. The van der Waals surface area contributed by atoms with Crippen LogP contribution in [-0.2, 0) is 4.79 Å². The summed E-state index contributed by atoms with van der Waals surface area (Å²) in [4.78, 5) is 13.5. The Balaban J connectivity index is 2.49. The molecule has 7 heteroatoms. The predicted molar refractivity (Wildman–Crippen MR) is 71.8 cm³/mol. The van der Waals surface area contributed by atoms with Crippen molar-refractivity contribution in [3.05, 3.63) is 29.3 Å².